The number of hydrogen-bond donors (Lipinski definition) is 1. The van der Waals surface area contributed by atoms with Crippen LogP contribution >= 0.6 is 0 Å². The Hall–Kier alpha value is -2.62. The molecule has 0 aromatic heterocycles. The van der Waals surface area contributed by atoms with E-state index in [9.17, 15) is 9.59 Å². The van der Waals surface area contributed by atoms with Gasteiger partial charge in [0.15, 0.2) is 0 Å². The van der Waals surface area contributed by atoms with Crippen molar-refractivity contribution >= 4 is 17.5 Å². The first-order valence-electron chi connectivity index (χ1n) is 6.41. The molecule has 2 aromatic carbocycles. The maximum absolute atomic E-state index is 12.6. The van der Waals surface area contributed by atoms with Gasteiger partial charge in [0.05, 0.1) is 11.3 Å². The van der Waals surface area contributed by atoms with Gasteiger partial charge in [0, 0.05) is 7.05 Å². The summed E-state index contributed by atoms with van der Waals surface area (Å²) in [7, 11) is 1.69. The van der Waals surface area contributed by atoms with Gasteiger partial charge in [-0.1, -0.05) is 42.5 Å². The smallest absolute Gasteiger partial charge is 0.254 e. The Bertz CT molecular complexity index is 667. The van der Waals surface area contributed by atoms with Crippen LogP contribution in [0.3, 0.4) is 0 Å². The summed E-state index contributed by atoms with van der Waals surface area (Å²) in [6.45, 7) is 0. The SMILES string of the molecule is CN1C(=O)[C@@H](c2ccccc2)NC(=O)c2ccccc21. The molecule has 1 atom stereocenters. The van der Waals surface area contributed by atoms with Crippen molar-refractivity contribution in [3.05, 3.63) is 65.7 Å². The van der Waals surface area contributed by atoms with Gasteiger partial charge in [-0.25, -0.2) is 0 Å². The van der Waals surface area contributed by atoms with Gasteiger partial charge in [0.25, 0.3) is 11.8 Å². The lowest BCUT2D eigenvalue weighted by molar-refractivity contribution is -0.120. The Morgan fingerprint density at radius 3 is 2.35 bits per heavy atom. The molecule has 0 radical (unpaired) electrons. The zero-order valence-electron chi connectivity index (χ0n) is 11.0. The summed E-state index contributed by atoms with van der Waals surface area (Å²) in [5, 5.41) is 2.80. The Labute approximate surface area is 117 Å². The maximum atomic E-state index is 12.6. The number of anilines is 1. The summed E-state index contributed by atoms with van der Waals surface area (Å²) in [5.74, 6) is -0.373. The van der Waals surface area contributed by atoms with E-state index in [0.29, 0.717) is 11.3 Å². The van der Waals surface area contributed by atoms with Gasteiger partial charge in [-0.3, -0.25) is 9.59 Å². The van der Waals surface area contributed by atoms with Crippen molar-refractivity contribution in [2.45, 2.75) is 6.04 Å². The van der Waals surface area contributed by atoms with E-state index in [0.717, 1.165) is 5.56 Å². The minimum absolute atomic E-state index is 0.144. The van der Waals surface area contributed by atoms with E-state index in [1.165, 1.54) is 4.90 Å². The summed E-state index contributed by atoms with van der Waals surface area (Å²) in [5.41, 5.74) is 1.93. The molecule has 1 N–H and O–H groups in total. The molecule has 0 aliphatic carbocycles. The highest BCUT2D eigenvalue weighted by Gasteiger charge is 2.32. The zero-order chi connectivity index (χ0) is 14.1. The Morgan fingerprint density at radius 2 is 1.60 bits per heavy atom. The molecule has 0 spiro atoms. The summed E-state index contributed by atoms with van der Waals surface area (Å²) in [4.78, 5) is 26.4. The van der Waals surface area contributed by atoms with Crippen LogP contribution in [0.4, 0.5) is 5.69 Å². The number of benzene rings is 2. The molecule has 3 rings (SSSR count). The molecular formula is C16H14N2O2. The van der Waals surface area contributed by atoms with E-state index in [1.807, 2.05) is 36.4 Å². The van der Waals surface area contributed by atoms with Crippen LogP contribution < -0.4 is 10.2 Å². The molecule has 1 aliphatic rings. The van der Waals surface area contributed by atoms with E-state index in [4.69, 9.17) is 0 Å². The largest absolute Gasteiger partial charge is 0.336 e. The van der Waals surface area contributed by atoms with Crippen LogP contribution in [0.2, 0.25) is 0 Å². The van der Waals surface area contributed by atoms with Crippen molar-refractivity contribution in [1.82, 2.24) is 5.32 Å². The molecule has 1 aliphatic heterocycles. The molecule has 4 heteroatoms. The van der Waals surface area contributed by atoms with Crippen molar-refractivity contribution in [1.29, 1.82) is 0 Å². The molecule has 0 saturated heterocycles. The molecule has 2 amide bonds. The van der Waals surface area contributed by atoms with Gasteiger partial charge < -0.3 is 10.2 Å². The molecule has 1 heterocycles. The predicted octanol–water partition coefficient (Wildman–Crippen LogP) is 2.13. The highest BCUT2D eigenvalue weighted by atomic mass is 16.2. The number of likely N-dealkylation sites (N-methyl/N-ethyl adjacent to an activating group) is 1. The van der Waals surface area contributed by atoms with Crippen LogP contribution in [-0.2, 0) is 4.79 Å². The number of carbonyl (C=O) groups is 2. The van der Waals surface area contributed by atoms with E-state index >= 15 is 0 Å². The number of carbonyl (C=O) groups excluding carboxylic acids is 2. The van der Waals surface area contributed by atoms with Crippen molar-refractivity contribution in [2.24, 2.45) is 0 Å². The lowest BCUT2D eigenvalue weighted by Gasteiger charge is -2.21. The highest BCUT2D eigenvalue weighted by Crippen LogP contribution is 2.27. The van der Waals surface area contributed by atoms with Gasteiger partial charge in [0.1, 0.15) is 6.04 Å². The second-order valence-corrected chi connectivity index (χ2v) is 4.73. The fourth-order valence-corrected chi connectivity index (χ4v) is 2.41. The van der Waals surface area contributed by atoms with Crippen LogP contribution in [0, 0.1) is 0 Å². The van der Waals surface area contributed by atoms with E-state index in [2.05, 4.69) is 5.32 Å². The third-order valence-electron chi connectivity index (χ3n) is 3.50. The number of rotatable bonds is 1. The van der Waals surface area contributed by atoms with Gasteiger partial charge >= 0.3 is 0 Å². The molecule has 20 heavy (non-hydrogen) atoms. The molecule has 0 bridgehead atoms. The lowest BCUT2D eigenvalue weighted by atomic mass is 10.1. The van der Waals surface area contributed by atoms with Crippen LogP contribution in [0.15, 0.2) is 54.6 Å². The Morgan fingerprint density at radius 1 is 0.950 bits per heavy atom. The molecule has 0 saturated carbocycles. The molecule has 0 fully saturated rings. The van der Waals surface area contributed by atoms with E-state index < -0.39 is 6.04 Å². The normalized spacial score (nSPS) is 18.2. The minimum atomic E-state index is -0.652. The molecule has 0 unspecified atom stereocenters. The average molecular weight is 266 g/mol. The Kier molecular flexibility index (Phi) is 2.99. The third-order valence-corrected chi connectivity index (χ3v) is 3.50. The molecule has 100 valence electrons. The zero-order valence-corrected chi connectivity index (χ0v) is 11.0. The minimum Gasteiger partial charge on any atom is -0.336 e. The quantitative estimate of drug-likeness (QED) is 0.859. The van der Waals surface area contributed by atoms with Gasteiger partial charge in [-0.05, 0) is 17.7 Å². The fourth-order valence-electron chi connectivity index (χ4n) is 2.41. The van der Waals surface area contributed by atoms with E-state index in [1.54, 1.807) is 25.2 Å². The van der Waals surface area contributed by atoms with Gasteiger partial charge in [0.2, 0.25) is 0 Å². The van der Waals surface area contributed by atoms with Crippen LogP contribution in [0.25, 0.3) is 0 Å². The lowest BCUT2D eigenvalue weighted by Crippen LogP contribution is -2.37. The second-order valence-electron chi connectivity index (χ2n) is 4.73. The number of nitrogens with one attached hydrogen (secondary N) is 1. The first-order valence-corrected chi connectivity index (χ1v) is 6.41. The average Bonchev–Trinajstić information content (AvgIpc) is 2.60. The molecular weight excluding hydrogens is 252 g/mol. The van der Waals surface area contributed by atoms with Crippen molar-refractivity contribution in [3.8, 4) is 0 Å². The predicted molar refractivity (Wildman–Crippen MR) is 76.5 cm³/mol. The number of fused-ring (bicyclic) bond motifs is 1. The van der Waals surface area contributed by atoms with Gasteiger partial charge in [-0.2, -0.15) is 0 Å². The number of hydrogen-bond acceptors (Lipinski definition) is 2. The first-order chi connectivity index (χ1) is 9.68. The van der Waals surface area contributed by atoms with Crippen LogP contribution in [-0.4, -0.2) is 18.9 Å². The van der Waals surface area contributed by atoms with Crippen molar-refractivity contribution < 1.29 is 9.59 Å². The number of nitrogens with zero attached hydrogens (tertiary/aromatic N) is 1. The molecule has 2 aromatic rings. The Balaban J connectivity index is 2.08. The van der Waals surface area contributed by atoms with Crippen molar-refractivity contribution in [3.63, 3.8) is 0 Å². The van der Waals surface area contributed by atoms with E-state index in [-0.39, 0.29) is 11.8 Å². The topological polar surface area (TPSA) is 49.4 Å². The number of amides is 2. The first kappa shape index (κ1) is 12.4. The standard InChI is InChI=1S/C16H14N2O2/c1-18-13-10-6-5-9-12(13)15(19)17-14(16(18)20)11-7-3-2-4-8-11/h2-10,14H,1H3,(H,17,19)/t14-/m1/s1. The third kappa shape index (κ3) is 1.95. The summed E-state index contributed by atoms with van der Waals surface area (Å²) in [6, 6.07) is 15.7. The summed E-state index contributed by atoms with van der Waals surface area (Å²) in [6.07, 6.45) is 0. The monoisotopic (exact) mass is 266 g/mol. The summed E-state index contributed by atoms with van der Waals surface area (Å²) < 4.78 is 0. The highest BCUT2D eigenvalue weighted by molar-refractivity contribution is 6.10. The number of para-hydroxylation sites is 1. The second kappa shape index (κ2) is 4.81. The van der Waals surface area contributed by atoms with Gasteiger partial charge in [-0.15, -0.1) is 0 Å². The fraction of sp³-hybridized carbons (Fsp3) is 0.125. The summed E-state index contributed by atoms with van der Waals surface area (Å²) >= 11 is 0. The van der Waals surface area contributed by atoms with Crippen LogP contribution in [0.5, 0.6) is 0 Å². The van der Waals surface area contributed by atoms with Crippen molar-refractivity contribution in [2.75, 3.05) is 11.9 Å². The molecule has 4 nitrogen and oxygen atoms in total. The maximum Gasteiger partial charge on any atom is 0.254 e. The van der Waals surface area contributed by atoms with Crippen LogP contribution in [0.1, 0.15) is 22.0 Å².